The van der Waals surface area contributed by atoms with Crippen molar-refractivity contribution in [2.75, 3.05) is 0 Å². The van der Waals surface area contributed by atoms with E-state index < -0.39 is 0 Å². The molecule has 168 valence electrons. The number of hydrogen-bond acceptors (Lipinski definition) is 3. The molecular formula is C28H24Br2O3. The van der Waals surface area contributed by atoms with Crippen molar-refractivity contribution in [3.8, 4) is 11.5 Å². The SMILES string of the molecule is OCc1c(Oc2ccc(Br)c(Cc3ccccc3)c2CO)ccc(Br)c1Cc1ccccc1. The summed E-state index contributed by atoms with van der Waals surface area (Å²) < 4.78 is 8.17. The summed E-state index contributed by atoms with van der Waals surface area (Å²) in [7, 11) is 0. The van der Waals surface area contributed by atoms with Crippen LogP contribution in [-0.2, 0) is 26.1 Å². The highest BCUT2D eigenvalue weighted by Gasteiger charge is 2.18. The second kappa shape index (κ2) is 11.1. The minimum Gasteiger partial charge on any atom is -0.457 e. The second-order valence-corrected chi connectivity index (χ2v) is 9.46. The summed E-state index contributed by atoms with van der Waals surface area (Å²) in [5, 5.41) is 20.5. The smallest absolute Gasteiger partial charge is 0.133 e. The van der Waals surface area contributed by atoms with Crippen molar-refractivity contribution >= 4 is 31.9 Å². The van der Waals surface area contributed by atoms with Crippen molar-refractivity contribution in [1.29, 1.82) is 0 Å². The zero-order chi connectivity index (χ0) is 23.2. The van der Waals surface area contributed by atoms with Crippen LogP contribution in [-0.4, -0.2) is 10.2 Å². The number of benzene rings is 4. The number of rotatable bonds is 8. The molecule has 0 fully saturated rings. The minimum absolute atomic E-state index is 0.154. The van der Waals surface area contributed by atoms with Gasteiger partial charge in [0.05, 0.1) is 13.2 Å². The number of ether oxygens (including phenoxy) is 1. The third-order valence-corrected chi connectivity index (χ3v) is 7.13. The predicted molar refractivity (Wildman–Crippen MR) is 139 cm³/mol. The lowest BCUT2D eigenvalue weighted by Crippen LogP contribution is -2.04. The zero-order valence-electron chi connectivity index (χ0n) is 18.0. The molecule has 0 spiro atoms. The van der Waals surface area contributed by atoms with Crippen LogP contribution in [0, 0.1) is 0 Å². The van der Waals surface area contributed by atoms with Crippen LogP contribution in [0.3, 0.4) is 0 Å². The van der Waals surface area contributed by atoms with Gasteiger partial charge in [0.2, 0.25) is 0 Å². The molecule has 0 saturated carbocycles. The number of aliphatic hydroxyl groups excluding tert-OH is 2. The fourth-order valence-electron chi connectivity index (χ4n) is 3.92. The fourth-order valence-corrected chi connectivity index (χ4v) is 4.95. The molecule has 4 aromatic rings. The Hall–Kier alpha value is -2.44. The Bertz CT molecular complexity index is 1130. The van der Waals surface area contributed by atoms with Gasteiger partial charge in [-0.05, 0) is 59.4 Å². The highest BCUT2D eigenvalue weighted by atomic mass is 79.9. The average molecular weight is 568 g/mol. The number of aliphatic hydroxyl groups is 2. The maximum Gasteiger partial charge on any atom is 0.133 e. The first-order chi connectivity index (χ1) is 16.1. The highest BCUT2D eigenvalue weighted by molar-refractivity contribution is 9.10. The molecule has 0 saturated heterocycles. The van der Waals surface area contributed by atoms with Gasteiger partial charge in [-0.2, -0.15) is 0 Å². The standard InChI is InChI=1S/C28H24Br2O3/c29-25-11-13-27(23(17-31)21(25)15-19-7-3-1-4-8-19)33-28-14-12-26(30)22(24(28)18-32)16-20-9-5-2-6-10-20/h1-14,31-32H,15-18H2. The van der Waals surface area contributed by atoms with Gasteiger partial charge in [0, 0.05) is 20.1 Å². The maximum absolute atomic E-state index is 10.2. The molecule has 0 aliphatic carbocycles. The van der Waals surface area contributed by atoms with Crippen LogP contribution in [0.1, 0.15) is 33.4 Å². The molecule has 0 radical (unpaired) electrons. The first-order valence-corrected chi connectivity index (χ1v) is 12.3. The average Bonchev–Trinajstić information content (AvgIpc) is 2.84. The van der Waals surface area contributed by atoms with Crippen LogP contribution in [0.4, 0.5) is 0 Å². The van der Waals surface area contributed by atoms with Gasteiger partial charge in [-0.25, -0.2) is 0 Å². The molecule has 33 heavy (non-hydrogen) atoms. The third kappa shape index (κ3) is 5.56. The lowest BCUT2D eigenvalue weighted by atomic mass is 9.98. The Kier molecular flexibility index (Phi) is 7.99. The molecule has 4 aromatic carbocycles. The maximum atomic E-state index is 10.2. The molecule has 3 nitrogen and oxygen atoms in total. The summed E-state index contributed by atoms with van der Waals surface area (Å²) in [5.74, 6) is 1.16. The van der Waals surface area contributed by atoms with E-state index in [1.165, 1.54) is 0 Å². The molecule has 0 unspecified atom stereocenters. The zero-order valence-corrected chi connectivity index (χ0v) is 21.1. The monoisotopic (exact) mass is 566 g/mol. The molecule has 5 heteroatoms. The lowest BCUT2D eigenvalue weighted by Gasteiger charge is -2.19. The van der Waals surface area contributed by atoms with Crippen molar-refractivity contribution < 1.29 is 14.9 Å². The lowest BCUT2D eigenvalue weighted by molar-refractivity contribution is 0.269. The van der Waals surface area contributed by atoms with E-state index in [-0.39, 0.29) is 13.2 Å². The quantitative estimate of drug-likeness (QED) is 0.237. The third-order valence-electron chi connectivity index (χ3n) is 5.65. The van der Waals surface area contributed by atoms with Crippen LogP contribution in [0.15, 0.2) is 93.9 Å². The van der Waals surface area contributed by atoms with Gasteiger partial charge in [0.15, 0.2) is 0 Å². The topological polar surface area (TPSA) is 49.7 Å². The first-order valence-electron chi connectivity index (χ1n) is 10.7. The summed E-state index contributed by atoms with van der Waals surface area (Å²) in [6, 6.07) is 27.8. The molecule has 2 N–H and O–H groups in total. The Labute approximate surface area is 210 Å². The molecule has 0 amide bonds. The molecule has 4 rings (SSSR count). The number of hydrogen-bond donors (Lipinski definition) is 2. The summed E-state index contributed by atoms with van der Waals surface area (Å²) in [6.07, 6.45) is 1.34. The van der Waals surface area contributed by atoms with E-state index in [1.54, 1.807) is 0 Å². The molecule has 0 atom stereocenters. The summed E-state index contributed by atoms with van der Waals surface area (Å²) in [4.78, 5) is 0. The van der Waals surface area contributed by atoms with Crippen LogP contribution in [0.25, 0.3) is 0 Å². The van der Waals surface area contributed by atoms with Gasteiger partial charge < -0.3 is 14.9 Å². The van der Waals surface area contributed by atoms with Crippen molar-refractivity contribution in [3.63, 3.8) is 0 Å². The van der Waals surface area contributed by atoms with Gasteiger partial charge >= 0.3 is 0 Å². The molecule has 0 bridgehead atoms. The van der Waals surface area contributed by atoms with Crippen molar-refractivity contribution in [2.24, 2.45) is 0 Å². The largest absolute Gasteiger partial charge is 0.457 e. The Morgan fingerprint density at radius 1 is 0.515 bits per heavy atom. The van der Waals surface area contributed by atoms with Crippen molar-refractivity contribution in [2.45, 2.75) is 26.1 Å². The molecule has 0 aliphatic heterocycles. The fraction of sp³-hybridized carbons (Fsp3) is 0.143. The van der Waals surface area contributed by atoms with E-state index in [0.717, 1.165) is 42.3 Å². The summed E-state index contributed by atoms with van der Waals surface area (Å²) in [6.45, 7) is -0.308. The highest BCUT2D eigenvalue weighted by Crippen LogP contribution is 2.38. The van der Waals surface area contributed by atoms with E-state index in [4.69, 9.17) is 4.74 Å². The molecular weight excluding hydrogens is 544 g/mol. The normalized spacial score (nSPS) is 10.9. The molecule has 0 heterocycles. The minimum atomic E-state index is -0.154. The van der Waals surface area contributed by atoms with Gasteiger partial charge in [-0.3, -0.25) is 0 Å². The van der Waals surface area contributed by atoms with Gasteiger partial charge in [-0.15, -0.1) is 0 Å². The summed E-state index contributed by atoms with van der Waals surface area (Å²) >= 11 is 7.28. The van der Waals surface area contributed by atoms with Crippen LogP contribution < -0.4 is 4.74 Å². The Morgan fingerprint density at radius 3 is 1.27 bits per heavy atom. The van der Waals surface area contributed by atoms with Gasteiger partial charge in [0.25, 0.3) is 0 Å². The van der Waals surface area contributed by atoms with Crippen molar-refractivity contribution in [3.05, 3.63) is 127 Å². The molecule has 0 aromatic heterocycles. The Morgan fingerprint density at radius 2 is 0.909 bits per heavy atom. The molecule has 0 aliphatic rings. The first kappa shape index (κ1) is 23.7. The van der Waals surface area contributed by atoms with E-state index in [9.17, 15) is 10.2 Å². The van der Waals surface area contributed by atoms with Crippen molar-refractivity contribution in [1.82, 2.24) is 0 Å². The van der Waals surface area contributed by atoms with Crippen LogP contribution >= 0.6 is 31.9 Å². The van der Waals surface area contributed by atoms with Gasteiger partial charge in [0.1, 0.15) is 11.5 Å². The van der Waals surface area contributed by atoms with E-state index in [0.29, 0.717) is 24.3 Å². The van der Waals surface area contributed by atoms with Crippen LogP contribution in [0.5, 0.6) is 11.5 Å². The second-order valence-electron chi connectivity index (χ2n) is 7.75. The number of halogens is 2. The van der Waals surface area contributed by atoms with E-state index in [1.807, 2.05) is 60.7 Å². The summed E-state index contributed by atoms with van der Waals surface area (Å²) in [5.41, 5.74) is 5.71. The Balaban J connectivity index is 1.71. The van der Waals surface area contributed by atoms with Gasteiger partial charge in [-0.1, -0.05) is 92.5 Å². The van der Waals surface area contributed by atoms with E-state index in [2.05, 4.69) is 56.1 Å². The predicted octanol–water partition coefficient (Wildman–Crippen LogP) is 7.17. The van der Waals surface area contributed by atoms with Crippen LogP contribution in [0.2, 0.25) is 0 Å². The van der Waals surface area contributed by atoms with E-state index >= 15 is 0 Å².